The number of nitrogens with zero attached hydrogens (tertiary/aromatic N) is 1. The van der Waals surface area contributed by atoms with Crippen LogP contribution in [0.5, 0.6) is 0 Å². The van der Waals surface area contributed by atoms with Crippen LogP contribution < -0.4 is 10.6 Å². The summed E-state index contributed by atoms with van der Waals surface area (Å²) >= 11 is 0. The van der Waals surface area contributed by atoms with E-state index in [0.717, 1.165) is 12.5 Å². The summed E-state index contributed by atoms with van der Waals surface area (Å²) in [6.07, 6.45) is 0. The lowest BCUT2D eigenvalue weighted by molar-refractivity contribution is 0.590. The van der Waals surface area contributed by atoms with Crippen LogP contribution >= 0.6 is 0 Å². The van der Waals surface area contributed by atoms with Crippen molar-refractivity contribution in [3.63, 3.8) is 0 Å². The molecule has 0 radical (unpaired) electrons. The van der Waals surface area contributed by atoms with Crippen molar-refractivity contribution in [2.75, 3.05) is 7.05 Å². The van der Waals surface area contributed by atoms with E-state index in [1.165, 1.54) is 11.1 Å². The largest absolute Gasteiger partial charge is 0.354 e. The smallest absolute Gasteiger partial charge is 0.191 e. The average Bonchev–Trinajstić information content (AvgIpc) is 2.33. The Morgan fingerprint density at radius 2 is 1.74 bits per heavy atom. The van der Waals surface area contributed by atoms with Gasteiger partial charge in [-0.2, -0.15) is 0 Å². The lowest BCUT2D eigenvalue weighted by Gasteiger charge is -2.19. The van der Waals surface area contributed by atoms with Gasteiger partial charge >= 0.3 is 0 Å². The molecule has 0 saturated heterocycles. The fourth-order valence-electron chi connectivity index (χ4n) is 1.78. The van der Waals surface area contributed by atoms with E-state index < -0.39 is 0 Å². The summed E-state index contributed by atoms with van der Waals surface area (Å²) in [5.74, 6) is 0.842. The van der Waals surface area contributed by atoms with Crippen LogP contribution in [0.15, 0.2) is 29.3 Å². The first-order valence-corrected chi connectivity index (χ1v) is 6.89. The fraction of sp³-hybridized carbons (Fsp3) is 0.562. The predicted molar refractivity (Wildman–Crippen MR) is 83.6 cm³/mol. The van der Waals surface area contributed by atoms with Crippen LogP contribution in [0.4, 0.5) is 0 Å². The van der Waals surface area contributed by atoms with Gasteiger partial charge in [0.05, 0.1) is 0 Å². The maximum Gasteiger partial charge on any atom is 0.191 e. The second kappa shape index (κ2) is 6.60. The summed E-state index contributed by atoms with van der Waals surface area (Å²) < 4.78 is 0. The lowest BCUT2D eigenvalue weighted by Crippen LogP contribution is -2.40. The summed E-state index contributed by atoms with van der Waals surface area (Å²) in [7, 11) is 1.79. The van der Waals surface area contributed by atoms with Crippen molar-refractivity contribution < 1.29 is 0 Å². The van der Waals surface area contributed by atoms with Gasteiger partial charge in [-0.3, -0.25) is 4.99 Å². The third-order valence-corrected chi connectivity index (χ3v) is 2.93. The molecule has 0 amide bonds. The number of hydrogen-bond donors (Lipinski definition) is 2. The van der Waals surface area contributed by atoms with Crippen molar-refractivity contribution in [2.24, 2.45) is 4.99 Å². The molecule has 3 heteroatoms. The molecule has 0 atom stereocenters. The Balaban J connectivity index is 2.59. The highest BCUT2D eigenvalue weighted by molar-refractivity contribution is 5.79. The minimum atomic E-state index is 0.210. The first-order valence-electron chi connectivity index (χ1n) is 6.89. The van der Waals surface area contributed by atoms with Crippen LogP contribution in [0.3, 0.4) is 0 Å². The Bertz CT molecular complexity index is 411. The standard InChI is InChI=1S/C16H27N3/c1-12(2)19-15(17-6)18-11-13-7-9-14(10-8-13)16(3,4)5/h7-10,12H,11H2,1-6H3,(H2,17,18,19). The van der Waals surface area contributed by atoms with Gasteiger partial charge in [-0.25, -0.2) is 0 Å². The van der Waals surface area contributed by atoms with E-state index in [9.17, 15) is 0 Å². The fourth-order valence-corrected chi connectivity index (χ4v) is 1.78. The van der Waals surface area contributed by atoms with Crippen LogP contribution in [-0.2, 0) is 12.0 Å². The summed E-state index contributed by atoms with van der Waals surface area (Å²) in [5, 5.41) is 6.59. The molecule has 0 spiro atoms. The zero-order valence-electron chi connectivity index (χ0n) is 13.0. The molecule has 0 aliphatic carbocycles. The summed E-state index contributed by atoms with van der Waals surface area (Å²) in [5.41, 5.74) is 2.84. The molecule has 0 aliphatic heterocycles. The molecule has 0 unspecified atom stereocenters. The van der Waals surface area contributed by atoms with Crippen molar-refractivity contribution in [1.82, 2.24) is 10.6 Å². The van der Waals surface area contributed by atoms with Crippen molar-refractivity contribution in [2.45, 2.75) is 52.6 Å². The Morgan fingerprint density at radius 3 is 2.16 bits per heavy atom. The Hall–Kier alpha value is -1.51. The van der Waals surface area contributed by atoms with Crippen molar-refractivity contribution in [1.29, 1.82) is 0 Å². The number of rotatable bonds is 3. The second-order valence-electron chi connectivity index (χ2n) is 6.17. The maximum absolute atomic E-state index is 4.19. The third-order valence-electron chi connectivity index (χ3n) is 2.93. The van der Waals surface area contributed by atoms with Crippen LogP contribution in [0.25, 0.3) is 0 Å². The molecule has 2 N–H and O–H groups in total. The zero-order chi connectivity index (χ0) is 14.5. The van der Waals surface area contributed by atoms with Gasteiger partial charge in [0.1, 0.15) is 0 Å². The Labute approximate surface area is 117 Å². The molecular weight excluding hydrogens is 234 g/mol. The minimum Gasteiger partial charge on any atom is -0.354 e. The van der Waals surface area contributed by atoms with Gasteiger partial charge in [0.2, 0.25) is 0 Å². The summed E-state index contributed by atoms with van der Waals surface area (Å²) in [4.78, 5) is 4.19. The van der Waals surface area contributed by atoms with Crippen molar-refractivity contribution >= 4 is 5.96 Å². The topological polar surface area (TPSA) is 36.4 Å². The number of hydrogen-bond acceptors (Lipinski definition) is 1. The molecule has 0 saturated carbocycles. The average molecular weight is 261 g/mol. The molecule has 1 aromatic carbocycles. The highest BCUT2D eigenvalue weighted by Crippen LogP contribution is 2.22. The van der Waals surface area contributed by atoms with E-state index in [2.05, 4.69) is 74.5 Å². The van der Waals surface area contributed by atoms with Crippen molar-refractivity contribution in [3.05, 3.63) is 35.4 Å². The van der Waals surface area contributed by atoms with Gasteiger partial charge in [0.15, 0.2) is 5.96 Å². The predicted octanol–water partition coefficient (Wildman–Crippen LogP) is 3.06. The summed E-state index contributed by atoms with van der Waals surface area (Å²) in [6.45, 7) is 11.7. The first-order chi connectivity index (χ1) is 8.82. The second-order valence-corrected chi connectivity index (χ2v) is 6.17. The van der Waals surface area contributed by atoms with E-state index in [4.69, 9.17) is 0 Å². The van der Waals surface area contributed by atoms with E-state index >= 15 is 0 Å². The molecule has 0 fully saturated rings. The summed E-state index contributed by atoms with van der Waals surface area (Å²) in [6, 6.07) is 9.15. The van der Waals surface area contributed by atoms with Crippen LogP contribution in [0.2, 0.25) is 0 Å². The van der Waals surface area contributed by atoms with Gasteiger partial charge in [-0.05, 0) is 30.4 Å². The maximum atomic E-state index is 4.19. The van der Waals surface area contributed by atoms with Crippen LogP contribution in [0, 0.1) is 0 Å². The monoisotopic (exact) mass is 261 g/mol. The van der Waals surface area contributed by atoms with Gasteiger partial charge < -0.3 is 10.6 Å². The molecule has 3 nitrogen and oxygen atoms in total. The minimum absolute atomic E-state index is 0.210. The van der Waals surface area contributed by atoms with Gasteiger partial charge in [0, 0.05) is 19.6 Å². The lowest BCUT2D eigenvalue weighted by atomic mass is 9.87. The van der Waals surface area contributed by atoms with Gasteiger partial charge in [0.25, 0.3) is 0 Å². The molecule has 0 aliphatic rings. The molecule has 1 rings (SSSR count). The molecule has 19 heavy (non-hydrogen) atoms. The highest BCUT2D eigenvalue weighted by atomic mass is 15.2. The Kier molecular flexibility index (Phi) is 5.40. The third kappa shape index (κ3) is 5.33. The number of guanidine groups is 1. The van der Waals surface area contributed by atoms with E-state index in [0.29, 0.717) is 6.04 Å². The van der Waals surface area contributed by atoms with E-state index in [-0.39, 0.29) is 5.41 Å². The number of benzene rings is 1. The molecule has 1 aromatic rings. The Morgan fingerprint density at radius 1 is 1.16 bits per heavy atom. The van der Waals surface area contributed by atoms with E-state index in [1.807, 2.05) is 0 Å². The normalized spacial score (nSPS) is 12.7. The molecule has 106 valence electrons. The van der Waals surface area contributed by atoms with Gasteiger partial charge in [-0.1, -0.05) is 45.0 Å². The molecule has 0 aromatic heterocycles. The zero-order valence-corrected chi connectivity index (χ0v) is 13.0. The van der Waals surface area contributed by atoms with Crippen LogP contribution in [0.1, 0.15) is 45.7 Å². The molecule has 0 bridgehead atoms. The van der Waals surface area contributed by atoms with Gasteiger partial charge in [-0.15, -0.1) is 0 Å². The van der Waals surface area contributed by atoms with E-state index in [1.54, 1.807) is 7.05 Å². The SMILES string of the molecule is CN=C(NCc1ccc(C(C)(C)C)cc1)NC(C)C. The first kappa shape index (κ1) is 15.5. The van der Waals surface area contributed by atoms with Crippen molar-refractivity contribution in [3.8, 4) is 0 Å². The van der Waals surface area contributed by atoms with Crippen LogP contribution in [-0.4, -0.2) is 19.0 Å². The highest BCUT2D eigenvalue weighted by Gasteiger charge is 2.12. The quantitative estimate of drug-likeness (QED) is 0.648. The number of aliphatic imine (C=N–C) groups is 1. The molecule has 0 heterocycles. The molecular formula is C16H27N3. The number of nitrogens with one attached hydrogen (secondary N) is 2.